The highest BCUT2D eigenvalue weighted by atomic mass is 32.2. The third-order valence-corrected chi connectivity index (χ3v) is 5.81. The van der Waals surface area contributed by atoms with Crippen LogP contribution < -0.4 is 10.9 Å². The highest BCUT2D eigenvalue weighted by Gasteiger charge is 2.22. The number of hydrogen-bond donors (Lipinski definition) is 2. The molecule has 2 amide bonds. The summed E-state index contributed by atoms with van der Waals surface area (Å²) in [5.74, 6) is -1.07. The summed E-state index contributed by atoms with van der Waals surface area (Å²) in [7, 11) is -3.67. The van der Waals surface area contributed by atoms with Gasteiger partial charge in [0, 0.05) is 24.2 Å². The highest BCUT2D eigenvalue weighted by Crippen LogP contribution is 2.16. The number of rotatable bonds is 6. The lowest BCUT2D eigenvalue weighted by Crippen LogP contribution is -2.41. The Morgan fingerprint density at radius 1 is 0.846 bits per heavy atom. The fourth-order valence-electron chi connectivity index (χ4n) is 2.36. The van der Waals surface area contributed by atoms with E-state index in [1.54, 1.807) is 44.2 Å². The van der Waals surface area contributed by atoms with Crippen LogP contribution in [0.25, 0.3) is 0 Å². The van der Waals surface area contributed by atoms with E-state index in [0.717, 1.165) is 0 Å². The van der Waals surface area contributed by atoms with Crippen LogP contribution in [0.5, 0.6) is 0 Å². The zero-order valence-electron chi connectivity index (χ0n) is 14.6. The number of carbonyl (C=O) groups excluding carboxylic acids is 2. The fourth-order valence-corrected chi connectivity index (χ4v) is 3.86. The molecule has 0 unspecified atom stereocenters. The molecule has 2 aromatic carbocycles. The maximum atomic E-state index is 12.5. The summed E-state index contributed by atoms with van der Waals surface area (Å²) in [5.41, 5.74) is 5.11. The van der Waals surface area contributed by atoms with Gasteiger partial charge in [0.05, 0.1) is 4.90 Å². The maximum absolute atomic E-state index is 12.5. The average molecular weight is 375 g/mol. The van der Waals surface area contributed by atoms with E-state index < -0.39 is 21.8 Å². The Hall–Kier alpha value is -2.71. The monoisotopic (exact) mass is 375 g/mol. The largest absolute Gasteiger partial charge is 0.269 e. The SMILES string of the molecule is CCN(CC)S(=O)(=O)c1cccc(C(=O)NNC(=O)c2ccccc2)c1. The van der Waals surface area contributed by atoms with Crippen LogP contribution >= 0.6 is 0 Å². The molecule has 2 aromatic rings. The van der Waals surface area contributed by atoms with Gasteiger partial charge in [-0.25, -0.2) is 8.42 Å². The van der Waals surface area contributed by atoms with Gasteiger partial charge in [-0.3, -0.25) is 20.4 Å². The summed E-state index contributed by atoms with van der Waals surface area (Å²) in [6.45, 7) is 4.16. The van der Waals surface area contributed by atoms with Gasteiger partial charge in [-0.05, 0) is 30.3 Å². The van der Waals surface area contributed by atoms with Gasteiger partial charge in [-0.1, -0.05) is 38.1 Å². The Morgan fingerprint density at radius 2 is 1.38 bits per heavy atom. The molecule has 7 nitrogen and oxygen atoms in total. The summed E-state index contributed by atoms with van der Waals surface area (Å²) >= 11 is 0. The summed E-state index contributed by atoms with van der Waals surface area (Å²) < 4.78 is 26.4. The molecule has 0 aliphatic heterocycles. The van der Waals surface area contributed by atoms with Crippen molar-refractivity contribution in [2.75, 3.05) is 13.1 Å². The quantitative estimate of drug-likeness (QED) is 0.753. The Balaban J connectivity index is 2.12. The van der Waals surface area contributed by atoms with E-state index in [-0.39, 0.29) is 10.5 Å². The third kappa shape index (κ3) is 4.47. The van der Waals surface area contributed by atoms with E-state index in [2.05, 4.69) is 10.9 Å². The van der Waals surface area contributed by atoms with Crippen molar-refractivity contribution in [3.63, 3.8) is 0 Å². The summed E-state index contributed by atoms with van der Waals surface area (Å²) in [6, 6.07) is 14.1. The first-order valence-corrected chi connectivity index (χ1v) is 9.60. The Kier molecular flexibility index (Phi) is 6.48. The van der Waals surface area contributed by atoms with E-state index in [1.165, 1.54) is 28.6 Å². The molecule has 8 heteroatoms. The fraction of sp³-hybridized carbons (Fsp3) is 0.222. The van der Waals surface area contributed by atoms with Crippen molar-refractivity contribution in [1.29, 1.82) is 0 Å². The minimum absolute atomic E-state index is 0.0308. The summed E-state index contributed by atoms with van der Waals surface area (Å²) in [4.78, 5) is 24.2. The van der Waals surface area contributed by atoms with Crippen molar-refractivity contribution in [2.24, 2.45) is 0 Å². The van der Waals surface area contributed by atoms with Crippen LogP contribution in [-0.4, -0.2) is 37.6 Å². The molecular formula is C18H21N3O4S. The van der Waals surface area contributed by atoms with Crippen molar-refractivity contribution < 1.29 is 18.0 Å². The number of sulfonamides is 1. The smallest absolute Gasteiger partial charge is 0.267 e. The number of hydrazine groups is 1. The molecule has 0 spiro atoms. The minimum Gasteiger partial charge on any atom is -0.267 e. The molecule has 0 heterocycles. The van der Waals surface area contributed by atoms with Gasteiger partial charge in [0.25, 0.3) is 11.8 Å². The number of nitrogens with zero attached hydrogens (tertiary/aromatic N) is 1. The van der Waals surface area contributed by atoms with E-state index in [9.17, 15) is 18.0 Å². The van der Waals surface area contributed by atoms with Crippen LogP contribution in [0.15, 0.2) is 59.5 Å². The topological polar surface area (TPSA) is 95.6 Å². The molecule has 0 bridgehead atoms. The molecule has 0 radical (unpaired) electrons. The zero-order chi connectivity index (χ0) is 19.2. The van der Waals surface area contributed by atoms with Crippen molar-refractivity contribution in [1.82, 2.24) is 15.2 Å². The lowest BCUT2D eigenvalue weighted by molar-refractivity contribution is 0.0846. The van der Waals surface area contributed by atoms with Crippen LogP contribution in [0.2, 0.25) is 0 Å². The van der Waals surface area contributed by atoms with Crippen LogP contribution in [0.4, 0.5) is 0 Å². The second-order valence-electron chi connectivity index (χ2n) is 5.39. The number of benzene rings is 2. The first kappa shape index (κ1) is 19.6. The minimum atomic E-state index is -3.67. The maximum Gasteiger partial charge on any atom is 0.269 e. The molecule has 0 aromatic heterocycles. The van der Waals surface area contributed by atoms with Crippen LogP contribution in [0, 0.1) is 0 Å². The molecule has 0 saturated carbocycles. The predicted molar refractivity (Wildman–Crippen MR) is 97.9 cm³/mol. The molecule has 0 aliphatic carbocycles. The number of carbonyl (C=O) groups is 2. The molecule has 26 heavy (non-hydrogen) atoms. The lowest BCUT2D eigenvalue weighted by atomic mass is 10.2. The second-order valence-corrected chi connectivity index (χ2v) is 7.33. The van der Waals surface area contributed by atoms with Crippen molar-refractivity contribution in [2.45, 2.75) is 18.7 Å². The molecule has 0 fully saturated rings. The van der Waals surface area contributed by atoms with Gasteiger partial charge < -0.3 is 0 Å². The normalized spacial score (nSPS) is 11.2. The second kappa shape index (κ2) is 8.59. The summed E-state index contributed by atoms with van der Waals surface area (Å²) in [5, 5.41) is 0. The van der Waals surface area contributed by atoms with E-state index in [0.29, 0.717) is 18.7 Å². The molecule has 0 aliphatic rings. The predicted octanol–water partition coefficient (Wildman–Crippen LogP) is 1.79. The molecular weight excluding hydrogens is 354 g/mol. The van der Waals surface area contributed by atoms with Gasteiger partial charge in [-0.2, -0.15) is 4.31 Å². The lowest BCUT2D eigenvalue weighted by Gasteiger charge is -2.18. The van der Waals surface area contributed by atoms with Crippen molar-refractivity contribution >= 4 is 21.8 Å². The highest BCUT2D eigenvalue weighted by molar-refractivity contribution is 7.89. The first-order valence-electron chi connectivity index (χ1n) is 8.16. The van der Waals surface area contributed by atoms with E-state index >= 15 is 0 Å². The standard InChI is InChI=1S/C18H21N3O4S/c1-3-21(4-2)26(24,25)16-12-8-11-15(13-16)18(23)20-19-17(22)14-9-6-5-7-10-14/h5-13H,3-4H2,1-2H3,(H,19,22)(H,20,23). The zero-order valence-corrected chi connectivity index (χ0v) is 15.4. The Morgan fingerprint density at radius 3 is 1.96 bits per heavy atom. The third-order valence-electron chi connectivity index (χ3n) is 3.76. The molecule has 0 saturated heterocycles. The van der Waals surface area contributed by atoms with Crippen LogP contribution in [-0.2, 0) is 10.0 Å². The van der Waals surface area contributed by atoms with Crippen molar-refractivity contribution in [3.8, 4) is 0 Å². The number of hydrogen-bond acceptors (Lipinski definition) is 4. The summed E-state index contributed by atoms with van der Waals surface area (Å²) in [6.07, 6.45) is 0. The van der Waals surface area contributed by atoms with Gasteiger partial charge in [-0.15, -0.1) is 0 Å². The van der Waals surface area contributed by atoms with Crippen LogP contribution in [0.3, 0.4) is 0 Å². The van der Waals surface area contributed by atoms with Gasteiger partial charge >= 0.3 is 0 Å². The van der Waals surface area contributed by atoms with Crippen molar-refractivity contribution in [3.05, 3.63) is 65.7 Å². The average Bonchev–Trinajstić information content (AvgIpc) is 2.67. The van der Waals surface area contributed by atoms with E-state index in [1.807, 2.05) is 0 Å². The van der Waals surface area contributed by atoms with Crippen LogP contribution in [0.1, 0.15) is 34.6 Å². The van der Waals surface area contributed by atoms with Gasteiger partial charge in [0.1, 0.15) is 0 Å². The molecule has 0 atom stereocenters. The molecule has 138 valence electrons. The van der Waals surface area contributed by atoms with Gasteiger partial charge in [0.15, 0.2) is 0 Å². The Bertz CT molecular complexity index is 878. The van der Waals surface area contributed by atoms with Gasteiger partial charge in [0.2, 0.25) is 10.0 Å². The number of nitrogens with one attached hydrogen (secondary N) is 2. The number of amides is 2. The van der Waals surface area contributed by atoms with E-state index in [4.69, 9.17) is 0 Å². The molecule has 2 N–H and O–H groups in total. The first-order chi connectivity index (χ1) is 12.4. The molecule has 2 rings (SSSR count). The Labute approximate surface area is 153 Å².